The molecule has 0 saturated heterocycles. The van der Waals surface area contributed by atoms with E-state index in [2.05, 4.69) is 39.2 Å². The Hall–Kier alpha value is -0.900. The highest BCUT2D eigenvalue weighted by atomic mass is 79.9. The number of rotatable bonds is 5. The molecule has 0 fully saturated rings. The quantitative estimate of drug-likeness (QED) is 0.874. The van der Waals surface area contributed by atoms with E-state index < -0.39 is 0 Å². The Morgan fingerprint density at radius 3 is 2.89 bits per heavy atom. The molecule has 19 heavy (non-hydrogen) atoms. The maximum Gasteiger partial charge on any atom is 0.0464 e. The molecule has 1 heterocycles. The molecule has 2 aromatic rings. The smallest absolute Gasteiger partial charge is 0.0464 e. The van der Waals surface area contributed by atoms with Gasteiger partial charge in [-0.15, -0.1) is 0 Å². The molecule has 1 unspecified atom stereocenters. The van der Waals surface area contributed by atoms with Crippen LogP contribution >= 0.6 is 27.5 Å². The minimum Gasteiger partial charge on any atom is -0.310 e. The Morgan fingerprint density at radius 1 is 1.37 bits per heavy atom. The van der Waals surface area contributed by atoms with Crippen molar-refractivity contribution < 1.29 is 0 Å². The Balaban J connectivity index is 1.89. The number of benzene rings is 1. The molecule has 1 aromatic heterocycles. The molecule has 0 aliphatic rings. The molecule has 0 amide bonds. The molecule has 0 spiro atoms. The van der Waals surface area contributed by atoms with Crippen LogP contribution in [0.1, 0.15) is 24.1 Å². The van der Waals surface area contributed by atoms with Crippen molar-refractivity contribution in [2.45, 2.75) is 19.4 Å². The Labute approximate surface area is 127 Å². The second kappa shape index (κ2) is 7.04. The van der Waals surface area contributed by atoms with Crippen LogP contribution in [-0.4, -0.2) is 11.5 Å². The van der Waals surface area contributed by atoms with Crippen molar-refractivity contribution in [1.29, 1.82) is 0 Å². The highest BCUT2D eigenvalue weighted by Crippen LogP contribution is 2.26. The van der Waals surface area contributed by atoms with E-state index in [0.717, 1.165) is 28.0 Å². The van der Waals surface area contributed by atoms with Gasteiger partial charge in [0.1, 0.15) is 0 Å². The maximum atomic E-state index is 6.24. The fourth-order valence-electron chi connectivity index (χ4n) is 1.94. The summed E-state index contributed by atoms with van der Waals surface area (Å²) < 4.78 is 1.00. The summed E-state index contributed by atoms with van der Waals surface area (Å²) in [7, 11) is 0. The van der Waals surface area contributed by atoms with Gasteiger partial charge < -0.3 is 5.32 Å². The molecule has 0 saturated carbocycles. The third-order valence-corrected chi connectivity index (χ3v) is 3.84. The van der Waals surface area contributed by atoms with E-state index in [1.807, 2.05) is 30.5 Å². The molecule has 1 atom stereocenters. The van der Waals surface area contributed by atoms with Gasteiger partial charge in [-0.3, -0.25) is 4.98 Å². The van der Waals surface area contributed by atoms with Crippen molar-refractivity contribution in [3.63, 3.8) is 0 Å². The monoisotopic (exact) mass is 338 g/mol. The zero-order chi connectivity index (χ0) is 13.7. The molecule has 0 radical (unpaired) electrons. The summed E-state index contributed by atoms with van der Waals surface area (Å²) in [5.41, 5.74) is 2.36. The van der Waals surface area contributed by atoms with Gasteiger partial charge >= 0.3 is 0 Å². The van der Waals surface area contributed by atoms with E-state index >= 15 is 0 Å². The normalized spacial score (nSPS) is 12.4. The molecule has 1 N–H and O–H groups in total. The van der Waals surface area contributed by atoms with Gasteiger partial charge in [0.15, 0.2) is 0 Å². The van der Waals surface area contributed by atoms with Crippen LogP contribution < -0.4 is 5.32 Å². The maximum absolute atomic E-state index is 6.24. The lowest BCUT2D eigenvalue weighted by molar-refractivity contribution is 0.576. The number of pyridine rings is 1. The standard InChI is InChI=1S/C15H16BrClN2/c1-11(14-5-4-13(16)9-15(14)17)19-8-6-12-3-2-7-18-10-12/h2-5,7,9-11,19H,6,8H2,1H3. The highest BCUT2D eigenvalue weighted by Gasteiger charge is 2.09. The van der Waals surface area contributed by atoms with Gasteiger partial charge in [-0.1, -0.05) is 39.7 Å². The van der Waals surface area contributed by atoms with Gasteiger partial charge in [-0.2, -0.15) is 0 Å². The van der Waals surface area contributed by atoms with Crippen LogP contribution in [0.25, 0.3) is 0 Å². The summed E-state index contributed by atoms with van der Waals surface area (Å²) in [5, 5.41) is 4.27. The van der Waals surface area contributed by atoms with E-state index in [9.17, 15) is 0 Å². The van der Waals surface area contributed by atoms with Crippen LogP contribution in [0.15, 0.2) is 47.2 Å². The van der Waals surface area contributed by atoms with E-state index in [1.165, 1.54) is 5.56 Å². The minimum atomic E-state index is 0.234. The summed E-state index contributed by atoms with van der Waals surface area (Å²) in [6.07, 6.45) is 4.66. The Bertz CT molecular complexity index is 531. The van der Waals surface area contributed by atoms with E-state index in [4.69, 9.17) is 11.6 Å². The fourth-order valence-corrected chi connectivity index (χ4v) is 2.78. The van der Waals surface area contributed by atoms with E-state index in [0.29, 0.717) is 0 Å². The predicted octanol–water partition coefficient (Wildman–Crippen LogP) is 4.39. The molecule has 0 aliphatic carbocycles. The second-order valence-electron chi connectivity index (χ2n) is 4.45. The molecule has 0 bridgehead atoms. The second-order valence-corrected chi connectivity index (χ2v) is 5.78. The molecule has 0 aliphatic heterocycles. The van der Waals surface area contributed by atoms with Crippen LogP contribution in [0.5, 0.6) is 0 Å². The first kappa shape index (κ1) is 14.5. The SMILES string of the molecule is CC(NCCc1cccnc1)c1ccc(Br)cc1Cl. The molecular weight excluding hydrogens is 324 g/mol. The highest BCUT2D eigenvalue weighted by molar-refractivity contribution is 9.10. The van der Waals surface area contributed by atoms with Gasteiger partial charge in [0.25, 0.3) is 0 Å². The summed E-state index contributed by atoms with van der Waals surface area (Å²) in [5.74, 6) is 0. The number of nitrogens with one attached hydrogen (secondary N) is 1. The van der Waals surface area contributed by atoms with Crippen molar-refractivity contribution in [2.75, 3.05) is 6.54 Å². The average molecular weight is 340 g/mol. The van der Waals surface area contributed by atoms with Gasteiger partial charge in [0, 0.05) is 27.9 Å². The zero-order valence-electron chi connectivity index (χ0n) is 10.7. The molecular formula is C15H16BrClN2. The first-order chi connectivity index (χ1) is 9.16. The molecule has 100 valence electrons. The topological polar surface area (TPSA) is 24.9 Å². The summed E-state index contributed by atoms with van der Waals surface area (Å²) >= 11 is 9.66. The van der Waals surface area contributed by atoms with Crippen molar-refractivity contribution >= 4 is 27.5 Å². The minimum absolute atomic E-state index is 0.234. The Morgan fingerprint density at radius 2 is 2.21 bits per heavy atom. The number of hydrogen-bond acceptors (Lipinski definition) is 2. The number of halogens is 2. The molecule has 4 heteroatoms. The predicted molar refractivity (Wildman–Crippen MR) is 83.5 cm³/mol. The van der Waals surface area contributed by atoms with E-state index in [-0.39, 0.29) is 6.04 Å². The average Bonchev–Trinajstić information content (AvgIpc) is 2.39. The number of aromatic nitrogens is 1. The molecule has 2 rings (SSSR count). The van der Waals surface area contributed by atoms with Crippen LogP contribution in [0.4, 0.5) is 0 Å². The lowest BCUT2D eigenvalue weighted by atomic mass is 10.1. The summed E-state index contributed by atoms with van der Waals surface area (Å²) in [6.45, 7) is 3.03. The van der Waals surface area contributed by atoms with Gasteiger partial charge in [-0.05, 0) is 49.2 Å². The number of nitrogens with zero attached hydrogens (tertiary/aromatic N) is 1. The summed E-state index contributed by atoms with van der Waals surface area (Å²) in [6, 6.07) is 10.3. The molecule has 2 nitrogen and oxygen atoms in total. The van der Waals surface area contributed by atoms with Crippen LogP contribution in [0.3, 0.4) is 0 Å². The third kappa shape index (κ3) is 4.30. The Kier molecular flexibility index (Phi) is 5.37. The zero-order valence-corrected chi connectivity index (χ0v) is 13.1. The lowest BCUT2D eigenvalue weighted by Gasteiger charge is -2.16. The largest absolute Gasteiger partial charge is 0.310 e. The van der Waals surface area contributed by atoms with Crippen LogP contribution in [0.2, 0.25) is 5.02 Å². The first-order valence-corrected chi connectivity index (χ1v) is 7.41. The van der Waals surface area contributed by atoms with Crippen molar-refractivity contribution in [3.8, 4) is 0 Å². The molecule has 1 aromatic carbocycles. The van der Waals surface area contributed by atoms with Crippen molar-refractivity contribution in [2.24, 2.45) is 0 Å². The van der Waals surface area contributed by atoms with Gasteiger partial charge in [0.2, 0.25) is 0 Å². The third-order valence-electron chi connectivity index (χ3n) is 3.02. The number of hydrogen-bond donors (Lipinski definition) is 1. The lowest BCUT2D eigenvalue weighted by Crippen LogP contribution is -2.21. The van der Waals surface area contributed by atoms with Gasteiger partial charge in [0.05, 0.1) is 0 Å². The van der Waals surface area contributed by atoms with Crippen molar-refractivity contribution in [1.82, 2.24) is 10.3 Å². The van der Waals surface area contributed by atoms with E-state index in [1.54, 1.807) is 6.20 Å². The first-order valence-electron chi connectivity index (χ1n) is 6.24. The van der Waals surface area contributed by atoms with Gasteiger partial charge in [-0.25, -0.2) is 0 Å². The van der Waals surface area contributed by atoms with Crippen LogP contribution in [-0.2, 0) is 6.42 Å². The summed E-state index contributed by atoms with van der Waals surface area (Å²) in [4.78, 5) is 4.11. The van der Waals surface area contributed by atoms with Crippen molar-refractivity contribution in [3.05, 3.63) is 63.3 Å². The fraction of sp³-hybridized carbons (Fsp3) is 0.267. The van der Waals surface area contributed by atoms with Crippen LogP contribution in [0, 0.1) is 0 Å².